The van der Waals surface area contributed by atoms with Crippen LogP contribution in [0.5, 0.6) is 0 Å². The zero-order valence-corrected chi connectivity index (χ0v) is 16.8. The van der Waals surface area contributed by atoms with Crippen molar-refractivity contribution in [3.63, 3.8) is 0 Å². The maximum atomic E-state index is 4.32. The number of nitrogens with one attached hydrogen (secondary N) is 2. The first-order valence-corrected chi connectivity index (χ1v) is 8.52. The average Bonchev–Trinajstić information content (AvgIpc) is 3.00. The standard InChI is InChI=1S/C18H30N4.HI/c1-3-12-22-13-10-17(15-22)14-21-18(19-2)20-11-9-16-7-5-4-6-8-16;/h4-8,17H,3,9-15H2,1-2H3,(H2,19,20,21);1H. The van der Waals surface area contributed by atoms with Gasteiger partial charge in [-0.1, -0.05) is 37.3 Å². The number of nitrogens with zero attached hydrogens (tertiary/aromatic N) is 2. The summed E-state index contributed by atoms with van der Waals surface area (Å²) in [5.41, 5.74) is 1.36. The van der Waals surface area contributed by atoms with Crippen LogP contribution in [0.4, 0.5) is 0 Å². The molecule has 23 heavy (non-hydrogen) atoms. The highest BCUT2D eigenvalue weighted by molar-refractivity contribution is 14.0. The van der Waals surface area contributed by atoms with Gasteiger partial charge in [0, 0.05) is 26.7 Å². The third-order valence-corrected chi connectivity index (χ3v) is 4.24. The third-order valence-electron chi connectivity index (χ3n) is 4.24. The lowest BCUT2D eigenvalue weighted by Crippen LogP contribution is -2.41. The van der Waals surface area contributed by atoms with Crippen molar-refractivity contribution in [3.05, 3.63) is 35.9 Å². The van der Waals surface area contributed by atoms with Gasteiger partial charge in [-0.3, -0.25) is 4.99 Å². The summed E-state index contributed by atoms with van der Waals surface area (Å²) in [4.78, 5) is 6.88. The maximum absolute atomic E-state index is 4.32. The van der Waals surface area contributed by atoms with Crippen LogP contribution in [0.1, 0.15) is 25.3 Å². The van der Waals surface area contributed by atoms with Gasteiger partial charge in [0.1, 0.15) is 0 Å². The van der Waals surface area contributed by atoms with Crippen molar-refractivity contribution in [2.24, 2.45) is 10.9 Å². The summed E-state index contributed by atoms with van der Waals surface area (Å²) in [6.45, 7) is 7.90. The lowest BCUT2D eigenvalue weighted by Gasteiger charge is -2.17. The normalized spacial score (nSPS) is 18.5. The second-order valence-electron chi connectivity index (χ2n) is 6.07. The van der Waals surface area contributed by atoms with E-state index in [-0.39, 0.29) is 24.0 Å². The van der Waals surface area contributed by atoms with Crippen LogP contribution in [0.2, 0.25) is 0 Å². The predicted molar refractivity (Wildman–Crippen MR) is 110 cm³/mol. The lowest BCUT2D eigenvalue weighted by molar-refractivity contribution is 0.324. The van der Waals surface area contributed by atoms with Crippen LogP contribution in [-0.2, 0) is 6.42 Å². The van der Waals surface area contributed by atoms with Gasteiger partial charge >= 0.3 is 0 Å². The highest BCUT2D eigenvalue weighted by Gasteiger charge is 2.21. The van der Waals surface area contributed by atoms with E-state index in [9.17, 15) is 0 Å². The van der Waals surface area contributed by atoms with Crippen LogP contribution in [0, 0.1) is 5.92 Å². The van der Waals surface area contributed by atoms with Crippen molar-refractivity contribution in [3.8, 4) is 0 Å². The van der Waals surface area contributed by atoms with Gasteiger partial charge in [0.05, 0.1) is 0 Å². The van der Waals surface area contributed by atoms with Crippen molar-refractivity contribution >= 4 is 29.9 Å². The monoisotopic (exact) mass is 430 g/mol. The summed E-state index contributed by atoms with van der Waals surface area (Å²) in [5.74, 6) is 1.67. The number of aliphatic imine (C=N–C) groups is 1. The number of guanidine groups is 1. The van der Waals surface area contributed by atoms with Crippen LogP contribution >= 0.6 is 24.0 Å². The maximum Gasteiger partial charge on any atom is 0.190 e. The first kappa shape index (κ1) is 20.2. The quantitative estimate of drug-likeness (QED) is 0.397. The first-order chi connectivity index (χ1) is 10.8. The van der Waals surface area contributed by atoms with E-state index in [4.69, 9.17) is 0 Å². The number of hydrogen-bond donors (Lipinski definition) is 2. The molecule has 1 aromatic rings. The van der Waals surface area contributed by atoms with Crippen molar-refractivity contribution in [2.45, 2.75) is 26.2 Å². The van der Waals surface area contributed by atoms with E-state index in [1.54, 1.807) is 0 Å². The van der Waals surface area contributed by atoms with Crippen LogP contribution < -0.4 is 10.6 Å². The fourth-order valence-corrected chi connectivity index (χ4v) is 3.03. The van der Waals surface area contributed by atoms with Crippen LogP contribution in [0.3, 0.4) is 0 Å². The second-order valence-corrected chi connectivity index (χ2v) is 6.07. The topological polar surface area (TPSA) is 39.7 Å². The number of likely N-dealkylation sites (tertiary alicyclic amines) is 1. The molecule has 0 aliphatic carbocycles. The zero-order valence-electron chi connectivity index (χ0n) is 14.4. The molecule has 1 unspecified atom stereocenters. The smallest absolute Gasteiger partial charge is 0.190 e. The van der Waals surface area contributed by atoms with Crippen molar-refractivity contribution in [1.29, 1.82) is 0 Å². The Hall–Kier alpha value is -0.820. The minimum Gasteiger partial charge on any atom is -0.356 e. The Morgan fingerprint density at radius 2 is 2.04 bits per heavy atom. The van der Waals surface area contributed by atoms with Gasteiger partial charge in [0.2, 0.25) is 0 Å². The molecule has 1 atom stereocenters. The van der Waals surface area contributed by atoms with E-state index < -0.39 is 0 Å². The molecule has 2 rings (SSSR count). The van der Waals surface area contributed by atoms with Gasteiger partial charge in [-0.05, 0) is 43.8 Å². The molecule has 0 amide bonds. The Labute approximate surface area is 158 Å². The highest BCUT2D eigenvalue weighted by Crippen LogP contribution is 2.15. The molecular weight excluding hydrogens is 399 g/mol. The largest absolute Gasteiger partial charge is 0.356 e. The van der Waals surface area contributed by atoms with E-state index in [1.807, 2.05) is 7.05 Å². The average molecular weight is 430 g/mol. The zero-order chi connectivity index (χ0) is 15.6. The van der Waals surface area contributed by atoms with Gasteiger partial charge in [-0.2, -0.15) is 0 Å². The van der Waals surface area contributed by atoms with Gasteiger partial charge in [-0.25, -0.2) is 0 Å². The molecule has 1 heterocycles. The van der Waals surface area contributed by atoms with Crippen molar-refractivity contribution in [2.75, 3.05) is 39.8 Å². The minimum atomic E-state index is 0. The number of rotatable bonds is 7. The summed E-state index contributed by atoms with van der Waals surface area (Å²) in [6.07, 6.45) is 3.58. The molecular formula is C18H31IN4. The molecule has 2 N–H and O–H groups in total. The van der Waals surface area contributed by atoms with Gasteiger partial charge in [0.15, 0.2) is 5.96 Å². The number of benzene rings is 1. The van der Waals surface area contributed by atoms with Crippen molar-refractivity contribution < 1.29 is 0 Å². The molecule has 1 aromatic carbocycles. The fourth-order valence-electron chi connectivity index (χ4n) is 3.03. The molecule has 4 nitrogen and oxygen atoms in total. The van der Waals surface area contributed by atoms with E-state index in [1.165, 1.54) is 38.0 Å². The number of hydrogen-bond acceptors (Lipinski definition) is 2. The summed E-state index contributed by atoms with van der Waals surface area (Å²) < 4.78 is 0. The van der Waals surface area contributed by atoms with Crippen LogP contribution in [0.15, 0.2) is 35.3 Å². The van der Waals surface area contributed by atoms with E-state index in [0.717, 1.165) is 31.4 Å². The lowest BCUT2D eigenvalue weighted by atomic mass is 10.1. The Balaban J connectivity index is 0.00000264. The second kappa shape index (κ2) is 11.7. The Morgan fingerprint density at radius 3 is 2.74 bits per heavy atom. The molecule has 0 aromatic heterocycles. The minimum absolute atomic E-state index is 0. The van der Waals surface area contributed by atoms with Crippen LogP contribution in [0.25, 0.3) is 0 Å². The van der Waals surface area contributed by atoms with Gasteiger partial charge < -0.3 is 15.5 Å². The summed E-state index contributed by atoms with van der Waals surface area (Å²) >= 11 is 0. The fraction of sp³-hybridized carbons (Fsp3) is 0.611. The summed E-state index contributed by atoms with van der Waals surface area (Å²) in [5, 5.41) is 6.88. The van der Waals surface area contributed by atoms with Gasteiger partial charge in [-0.15, -0.1) is 24.0 Å². The molecule has 5 heteroatoms. The van der Waals surface area contributed by atoms with Crippen LogP contribution in [-0.4, -0.2) is 50.6 Å². The van der Waals surface area contributed by atoms with E-state index in [0.29, 0.717) is 0 Å². The predicted octanol–water partition coefficient (Wildman–Crippen LogP) is 2.74. The summed E-state index contributed by atoms with van der Waals surface area (Å²) in [7, 11) is 1.84. The van der Waals surface area contributed by atoms with Gasteiger partial charge in [0.25, 0.3) is 0 Å². The van der Waals surface area contributed by atoms with E-state index in [2.05, 4.69) is 57.8 Å². The Bertz CT molecular complexity index is 450. The number of halogens is 1. The molecule has 1 saturated heterocycles. The van der Waals surface area contributed by atoms with E-state index >= 15 is 0 Å². The third kappa shape index (κ3) is 7.52. The highest BCUT2D eigenvalue weighted by atomic mass is 127. The first-order valence-electron chi connectivity index (χ1n) is 8.52. The summed E-state index contributed by atoms with van der Waals surface area (Å²) in [6, 6.07) is 10.6. The Morgan fingerprint density at radius 1 is 1.26 bits per heavy atom. The SMILES string of the molecule is CCCN1CCC(CNC(=NC)NCCc2ccccc2)C1.I. The molecule has 0 radical (unpaired) electrons. The molecule has 1 fully saturated rings. The molecule has 1 aliphatic rings. The molecule has 130 valence electrons. The van der Waals surface area contributed by atoms with Crippen molar-refractivity contribution in [1.82, 2.24) is 15.5 Å². The molecule has 1 aliphatic heterocycles. The molecule has 0 spiro atoms. The molecule has 0 saturated carbocycles. The Kier molecular flexibility index (Phi) is 10.3. The molecule has 0 bridgehead atoms.